The van der Waals surface area contributed by atoms with Crippen LogP contribution in [-0.2, 0) is 0 Å². The summed E-state index contributed by atoms with van der Waals surface area (Å²) in [6, 6.07) is 0.168. The molecule has 4 heteroatoms. The van der Waals surface area contributed by atoms with Crippen LogP contribution in [0.1, 0.15) is 13.3 Å². The molecule has 1 heterocycles. The van der Waals surface area contributed by atoms with E-state index in [2.05, 4.69) is 5.32 Å². The Kier molecular flexibility index (Phi) is 2.23. The standard InChI is InChI=1S/C7H10F3N/c1-5-2-3-6(4-11-5)7(8,9)10/h3,5,11H,2,4H2,1H3/t5-/m1/s1. The molecule has 11 heavy (non-hydrogen) atoms. The molecule has 0 aliphatic carbocycles. The summed E-state index contributed by atoms with van der Waals surface area (Å²) in [5.74, 6) is 0. The van der Waals surface area contributed by atoms with E-state index in [4.69, 9.17) is 0 Å². The molecule has 0 amide bonds. The number of hydrogen-bond donors (Lipinski definition) is 1. The van der Waals surface area contributed by atoms with Gasteiger partial charge >= 0.3 is 6.18 Å². The second kappa shape index (κ2) is 2.85. The summed E-state index contributed by atoms with van der Waals surface area (Å²) in [5.41, 5.74) is -0.449. The molecule has 1 N–H and O–H groups in total. The van der Waals surface area contributed by atoms with Crippen LogP contribution in [0.15, 0.2) is 11.6 Å². The number of nitrogens with one attached hydrogen (secondary N) is 1. The smallest absolute Gasteiger partial charge is 0.310 e. The Hall–Kier alpha value is -0.510. The highest BCUT2D eigenvalue weighted by molar-refractivity contribution is 5.14. The zero-order valence-corrected chi connectivity index (χ0v) is 6.20. The average molecular weight is 165 g/mol. The lowest BCUT2D eigenvalue weighted by molar-refractivity contribution is -0.0940. The van der Waals surface area contributed by atoms with Crippen molar-refractivity contribution in [3.63, 3.8) is 0 Å². The van der Waals surface area contributed by atoms with E-state index in [0.717, 1.165) is 0 Å². The van der Waals surface area contributed by atoms with E-state index in [9.17, 15) is 13.2 Å². The molecule has 0 saturated carbocycles. The van der Waals surface area contributed by atoms with Crippen LogP contribution in [-0.4, -0.2) is 18.8 Å². The lowest BCUT2D eigenvalue weighted by atomic mass is 10.1. The molecule has 0 unspecified atom stereocenters. The van der Waals surface area contributed by atoms with Gasteiger partial charge in [0, 0.05) is 18.2 Å². The first kappa shape index (κ1) is 8.59. The van der Waals surface area contributed by atoms with Gasteiger partial charge in [0.2, 0.25) is 0 Å². The topological polar surface area (TPSA) is 12.0 Å². The van der Waals surface area contributed by atoms with Crippen LogP contribution in [0.25, 0.3) is 0 Å². The van der Waals surface area contributed by atoms with Crippen molar-refractivity contribution in [2.75, 3.05) is 6.54 Å². The Labute approximate surface area is 63.3 Å². The van der Waals surface area contributed by atoms with E-state index in [1.165, 1.54) is 6.08 Å². The molecule has 0 saturated heterocycles. The lowest BCUT2D eigenvalue weighted by Crippen LogP contribution is -2.35. The van der Waals surface area contributed by atoms with Crippen LogP contribution in [0.3, 0.4) is 0 Å². The van der Waals surface area contributed by atoms with Crippen LogP contribution in [0, 0.1) is 0 Å². The fourth-order valence-electron chi connectivity index (χ4n) is 0.975. The summed E-state index contributed by atoms with van der Waals surface area (Å²) in [4.78, 5) is 0. The molecule has 1 aliphatic heterocycles. The van der Waals surface area contributed by atoms with Gasteiger partial charge in [0.15, 0.2) is 0 Å². The summed E-state index contributed by atoms with van der Waals surface area (Å²) in [7, 11) is 0. The minimum Gasteiger partial charge on any atom is -0.310 e. The molecular weight excluding hydrogens is 155 g/mol. The number of halogens is 3. The number of hydrogen-bond acceptors (Lipinski definition) is 1. The second-order valence-corrected chi connectivity index (χ2v) is 2.74. The summed E-state index contributed by atoms with van der Waals surface area (Å²) in [6.07, 6.45) is -2.41. The molecule has 1 aliphatic rings. The highest BCUT2D eigenvalue weighted by Gasteiger charge is 2.34. The highest BCUT2D eigenvalue weighted by Crippen LogP contribution is 2.27. The van der Waals surface area contributed by atoms with E-state index in [-0.39, 0.29) is 12.6 Å². The van der Waals surface area contributed by atoms with Crippen molar-refractivity contribution in [2.24, 2.45) is 0 Å². The van der Waals surface area contributed by atoms with Crippen molar-refractivity contribution in [3.05, 3.63) is 11.6 Å². The Morgan fingerprint density at radius 2 is 2.18 bits per heavy atom. The van der Waals surface area contributed by atoms with Crippen molar-refractivity contribution < 1.29 is 13.2 Å². The molecule has 0 fully saturated rings. The van der Waals surface area contributed by atoms with Gasteiger partial charge in [0.25, 0.3) is 0 Å². The maximum Gasteiger partial charge on any atom is 0.413 e. The Balaban J connectivity index is 2.62. The minimum atomic E-state index is -4.15. The third kappa shape index (κ3) is 2.22. The molecule has 1 atom stereocenters. The van der Waals surface area contributed by atoms with Crippen molar-refractivity contribution in [1.82, 2.24) is 5.32 Å². The Morgan fingerprint density at radius 1 is 1.55 bits per heavy atom. The molecule has 64 valence electrons. The SMILES string of the molecule is C[C@@H]1CC=C(C(F)(F)F)CN1. The fraction of sp³-hybridized carbons (Fsp3) is 0.714. The Bertz CT molecular complexity index is 171. The predicted molar refractivity (Wildman–Crippen MR) is 36.2 cm³/mol. The van der Waals surface area contributed by atoms with Gasteiger partial charge in [-0.3, -0.25) is 0 Å². The molecule has 0 radical (unpaired) electrons. The molecule has 1 nitrogen and oxygen atoms in total. The quantitative estimate of drug-likeness (QED) is 0.540. The largest absolute Gasteiger partial charge is 0.413 e. The molecule has 0 bridgehead atoms. The third-order valence-electron chi connectivity index (χ3n) is 1.72. The zero-order valence-electron chi connectivity index (χ0n) is 6.20. The van der Waals surface area contributed by atoms with Crippen LogP contribution in [0.5, 0.6) is 0 Å². The van der Waals surface area contributed by atoms with Crippen LogP contribution in [0.4, 0.5) is 13.2 Å². The van der Waals surface area contributed by atoms with Gasteiger partial charge in [-0.1, -0.05) is 6.08 Å². The first-order valence-corrected chi connectivity index (χ1v) is 3.50. The number of rotatable bonds is 0. The van der Waals surface area contributed by atoms with Crippen molar-refractivity contribution in [2.45, 2.75) is 25.6 Å². The average Bonchev–Trinajstić information content (AvgIpc) is 1.86. The predicted octanol–water partition coefficient (Wildman–Crippen LogP) is 1.86. The van der Waals surface area contributed by atoms with Crippen molar-refractivity contribution >= 4 is 0 Å². The fourth-order valence-corrected chi connectivity index (χ4v) is 0.975. The molecule has 0 spiro atoms. The lowest BCUT2D eigenvalue weighted by Gasteiger charge is -2.21. The minimum absolute atomic E-state index is 0.0509. The first-order valence-electron chi connectivity index (χ1n) is 3.50. The van der Waals surface area contributed by atoms with Gasteiger partial charge in [-0.05, 0) is 13.3 Å². The van der Waals surface area contributed by atoms with Gasteiger partial charge in [-0.2, -0.15) is 13.2 Å². The monoisotopic (exact) mass is 165 g/mol. The van der Waals surface area contributed by atoms with E-state index in [0.29, 0.717) is 6.42 Å². The summed E-state index contributed by atoms with van der Waals surface area (Å²) in [6.45, 7) is 1.81. The van der Waals surface area contributed by atoms with E-state index in [1.807, 2.05) is 6.92 Å². The second-order valence-electron chi connectivity index (χ2n) is 2.74. The molecule has 0 aromatic rings. The third-order valence-corrected chi connectivity index (χ3v) is 1.72. The number of alkyl halides is 3. The van der Waals surface area contributed by atoms with Crippen molar-refractivity contribution in [3.8, 4) is 0 Å². The molecule has 0 aromatic heterocycles. The first-order chi connectivity index (χ1) is 5.00. The van der Waals surface area contributed by atoms with Gasteiger partial charge in [-0.15, -0.1) is 0 Å². The van der Waals surface area contributed by atoms with Gasteiger partial charge in [-0.25, -0.2) is 0 Å². The van der Waals surface area contributed by atoms with Gasteiger partial charge in [0.05, 0.1) is 0 Å². The summed E-state index contributed by atoms with van der Waals surface area (Å²) < 4.78 is 35.9. The van der Waals surface area contributed by atoms with E-state index < -0.39 is 11.7 Å². The van der Waals surface area contributed by atoms with Crippen LogP contribution in [0.2, 0.25) is 0 Å². The maximum atomic E-state index is 12.0. The Morgan fingerprint density at radius 3 is 2.55 bits per heavy atom. The maximum absolute atomic E-state index is 12.0. The van der Waals surface area contributed by atoms with E-state index >= 15 is 0 Å². The molecular formula is C7H10F3N. The van der Waals surface area contributed by atoms with Crippen molar-refractivity contribution in [1.29, 1.82) is 0 Å². The van der Waals surface area contributed by atoms with E-state index in [1.54, 1.807) is 0 Å². The molecule has 1 rings (SSSR count). The molecule has 0 aromatic carbocycles. The highest BCUT2D eigenvalue weighted by atomic mass is 19.4. The van der Waals surface area contributed by atoms with Crippen LogP contribution < -0.4 is 5.32 Å². The normalized spacial score (nSPS) is 26.5. The summed E-state index contributed by atoms with van der Waals surface area (Å²) >= 11 is 0. The zero-order chi connectivity index (χ0) is 8.48. The van der Waals surface area contributed by atoms with Crippen LogP contribution >= 0.6 is 0 Å². The van der Waals surface area contributed by atoms with Gasteiger partial charge in [0.1, 0.15) is 0 Å². The van der Waals surface area contributed by atoms with Gasteiger partial charge < -0.3 is 5.32 Å². The summed E-state index contributed by atoms with van der Waals surface area (Å²) in [5, 5.41) is 2.75.